The Labute approximate surface area is 143 Å². The molecule has 2 saturated carbocycles. The molecule has 2 aliphatic rings. The summed E-state index contributed by atoms with van der Waals surface area (Å²) in [4.78, 5) is 0. The summed E-state index contributed by atoms with van der Waals surface area (Å²) in [6, 6.07) is 0. The first-order valence-corrected chi connectivity index (χ1v) is 8.04. The molecule has 2 bridgehead atoms. The van der Waals surface area contributed by atoms with Gasteiger partial charge in [0.25, 0.3) is 11.5 Å². The van der Waals surface area contributed by atoms with Crippen molar-refractivity contribution >= 4 is 0 Å². The first kappa shape index (κ1) is 21.6. The molecule has 0 radical (unpaired) electrons. The molecule has 0 aliphatic heterocycles. The number of aliphatic hydroxyl groups is 1. The Kier molecular flexibility index (Phi) is 5.58. The highest BCUT2D eigenvalue weighted by molar-refractivity contribution is 5.02. The van der Waals surface area contributed by atoms with Crippen molar-refractivity contribution in [1.82, 2.24) is 0 Å². The summed E-state index contributed by atoms with van der Waals surface area (Å²) in [5.41, 5.74) is -4.99. The number of halogens is 9. The molecular formula is C15H19F9O2. The van der Waals surface area contributed by atoms with E-state index in [-0.39, 0.29) is 12.3 Å². The molecule has 0 saturated heterocycles. The van der Waals surface area contributed by atoms with Crippen molar-refractivity contribution in [2.24, 2.45) is 23.7 Å². The number of fused-ring (bicyclic) bond motifs is 2. The third-order valence-electron chi connectivity index (χ3n) is 5.72. The Hall–Kier alpha value is -0.710. The number of hydrogen-bond acceptors (Lipinski definition) is 2. The Morgan fingerprint density at radius 3 is 1.92 bits per heavy atom. The van der Waals surface area contributed by atoms with Crippen LogP contribution in [0.5, 0.6) is 0 Å². The van der Waals surface area contributed by atoms with Gasteiger partial charge in [0.1, 0.15) is 0 Å². The molecule has 5 unspecified atom stereocenters. The monoisotopic (exact) mass is 402 g/mol. The van der Waals surface area contributed by atoms with E-state index in [4.69, 9.17) is 9.84 Å². The number of hydrogen-bond donors (Lipinski definition) is 1. The van der Waals surface area contributed by atoms with Crippen molar-refractivity contribution in [1.29, 1.82) is 0 Å². The fourth-order valence-corrected chi connectivity index (χ4v) is 4.22. The van der Waals surface area contributed by atoms with Crippen molar-refractivity contribution in [3.05, 3.63) is 0 Å². The van der Waals surface area contributed by atoms with Crippen molar-refractivity contribution < 1.29 is 49.4 Å². The van der Waals surface area contributed by atoms with Crippen LogP contribution in [0.4, 0.5) is 39.5 Å². The van der Waals surface area contributed by atoms with Crippen LogP contribution in [0, 0.1) is 23.7 Å². The molecular weight excluding hydrogens is 383 g/mol. The molecule has 0 aromatic rings. The average molecular weight is 402 g/mol. The van der Waals surface area contributed by atoms with Crippen molar-refractivity contribution in [2.75, 3.05) is 13.3 Å². The van der Waals surface area contributed by atoms with Crippen LogP contribution in [0.25, 0.3) is 0 Å². The maximum absolute atomic E-state index is 13.3. The first-order chi connectivity index (χ1) is 11.6. The van der Waals surface area contributed by atoms with Crippen molar-refractivity contribution in [3.63, 3.8) is 0 Å². The fourth-order valence-electron chi connectivity index (χ4n) is 4.22. The van der Waals surface area contributed by atoms with Gasteiger partial charge in [-0.25, -0.2) is 13.2 Å². The van der Waals surface area contributed by atoms with Crippen LogP contribution in [0.1, 0.15) is 26.2 Å². The normalized spacial score (nSPS) is 33.1. The smallest absolute Gasteiger partial charge is 0.374 e. The summed E-state index contributed by atoms with van der Waals surface area (Å²) in [7, 11) is 0. The lowest BCUT2D eigenvalue weighted by Gasteiger charge is -2.37. The second-order valence-electron chi connectivity index (χ2n) is 7.32. The molecule has 2 aliphatic carbocycles. The third-order valence-corrected chi connectivity index (χ3v) is 5.72. The highest BCUT2D eigenvalue weighted by Crippen LogP contribution is 2.56. The Morgan fingerprint density at radius 2 is 1.50 bits per heavy atom. The lowest BCUT2D eigenvalue weighted by Crippen LogP contribution is -2.60. The van der Waals surface area contributed by atoms with Crippen LogP contribution in [0.15, 0.2) is 0 Å². The van der Waals surface area contributed by atoms with E-state index in [2.05, 4.69) is 0 Å². The molecule has 2 rings (SSSR count). The van der Waals surface area contributed by atoms with Crippen LogP contribution in [0.2, 0.25) is 0 Å². The zero-order chi connectivity index (χ0) is 20.1. The minimum Gasteiger partial charge on any atom is -0.374 e. The Balaban J connectivity index is 2.02. The van der Waals surface area contributed by atoms with E-state index in [1.807, 2.05) is 0 Å². The molecule has 2 fully saturated rings. The quantitative estimate of drug-likeness (QED) is 0.663. The van der Waals surface area contributed by atoms with Gasteiger partial charge in [0.15, 0.2) is 6.67 Å². The predicted molar refractivity (Wildman–Crippen MR) is 71.2 cm³/mol. The molecule has 0 amide bonds. The zero-order valence-electron chi connectivity index (χ0n) is 13.7. The van der Waals surface area contributed by atoms with Crippen LogP contribution in [-0.4, -0.2) is 48.4 Å². The topological polar surface area (TPSA) is 29.5 Å². The van der Waals surface area contributed by atoms with Crippen LogP contribution >= 0.6 is 0 Å². The molecule has 1 N–H and O–H groups in total. The second kappa shape index (κ2) is 6.72. The minimum absolute atomic E-state index is 0.00777. The van der Waals surface area contributed by atoms with E-state index in [1.54, 1.807) is 6.92 Å². The number of rotatable bonds is 6. The van der Waals surface area contributed by atoms with Crippen LogP contribution in [0.3, 0.4) is 0 Å². The third kappa shape index (κ3) is 3.79. The number of ether oxygens (including phenoxy) is 1. The van der Waals surface area contributed by atoms with E-state index in [1.165, 1.54) is 0 Å². The Morgan fingerprint density at radius 1 is 0.962 bits per heavy atom. The van der Waals surface area contributed by atoms with Gasteiger partial charge < -0.3 is 9.84 Å². The maximum Gasteiger partial charge on any atom is 0.428 e. The van der Waals surface area contributed by atoms with Gasteiger partial charge in [-0.2, -0.15) is 26.3 Å². The maximum atomic E-state index is 13.3. The summed E-state index contributed by atoms with van der Waals surface area (Å²) >= 11 is 0. The first-order valence-electron chi connectivity index (χ1n) is 8.04. The van der Waals surface area contributed by atoms with Gasteiger partial charge in [-0.15, -0.1) is 0 Å². The summed E-state index contributed by atoms with van der Waals surface area (Å²) in [5, 5.41) is 9.10. The summed E-state index contributed by atoms with van der Waals surface area (Å²) in [6.45, 7) is -2.28. The van der Waals surface area contributed by atoms with Gasteiger partial charge in [0.05, 0.1) is 12.7 Å². The average Bonchev–Trinajstić information content (AvgIpc) is 3.02. The largest absolute Gasteiger partial charge is 0.428 e. The SMILES string of the molecule is CC1C(CC(F)(F)CF)C2CC(OCC(O)(C(F)(F)F)C(F)(F)F)C1C2. The van der Waals surface area contributed by atoms with Crippen LogP contribution in [-0.2, 0) is 4.74 Å². The highest BCUT2D eigenvalue weighted by atomic mass is 19.4. The lowest BCUT2D eigenvalue weighted by molar-refractivity contribution is -0.380. The van der Waals surface area contributed by atoms with Gasteiger partial charge in [0.2, 0.25) is 0 Å². The zero-order valence-corrected chi connectivity index (χ0v) is 13.7. The molecule has 0 spiro atoms. The van der Waals surface area contributed by atoms with Crippen molar-refractivity contribution in [3.8, 4) is 0 Å². The summed E-state index contributed by atoms with van der Waals surface area (Å²) < 4.78 is 120. The highest BCUT2D eigenvalue weighted by Gasteiger charge is 2.71. The standard InChI is InChI=1S/C15H19F9O2/c1-7-9-2-8(10(7)4-12(17,18)5-16)3-11(9)26-6-13(25,14(19,20)21)15(22,23)24/h7-11,25H,2-6H2,1H3. The van der Waals surface area contributed by atoms with E-state index in [0.29, 0.717) is 6.42 Å². The minimum atomic E-state index is -5.97. The summed E-state index contributed by atoms with van der Waals surface area (Å²) in [6.07, 6.45) is -13.3. The van der Waals surface area contributed by atoms with Crippen LogP contribution < -0.4 is 0 Å². The molecule has 2 nitrogen and oxygen atoms in total. The summed E-state index contributed by atoms with van der Waals surface area (Å²) in [5.74, 6) is -5.43. The predicted octanol–water partition coefficient (Wildman–Crippen LogP) is 4.51. The van der Waals surface area contributed by atoms with Crippen molar-refractivity contribution in [2.45, 2.75) is 56.2 Å². The molecule has 0 heterocycles. The van der Waals surface area contributed by atoms with E-state index in [0.717, 1.165) is 0 Å². The Bertz CT molecular complexity index is 486. The van der Waals surface area contributed by atoms with Gasteiger partial charge in [-0.1, -0.05) is 6.92 Å². The van der Waals surface area contributed by atoms with E-state index >= 15 is 0 Å². The number of alkyl halides is 9. The second-order valence-corrected chi connectivity index (χ2v) is 7.32. The van der Waals surface area contributed by atoms with Gasteiger partial charge in [-0.3, -0.25) is 0 Å². The van der Waals surface area contributed by atoms with Gasteiger partial charge in [0, 0.05) is 6.42 Å². The molecule has 0 aromatic heterocycles. The molecule has 154 valence electrons. The van der Waals surface area contributed by atoms with E-state index in [9.17, 15) is 39.5 Å². The molecule has 26 heavy (non-hydrogen) atoms. The van der Waals surface area contributed by atoms with Gasteiger partial charge in [-0.05, 0) is 36.5 Å². The molecule has 0 aromatic carbocycles. The van der Waals surface area contributed by atoms with E-state index < -0.39 is 67.4 Å². The molecule has 5 atom stereocenters. The fraction of sp³-hybridized carbons (Fsp3) is 1.00. The lowest BCUT2D eigenvalue weighted by atomic mass is 9.76. The van der Waals surface area contributed by atoms with Gasteiger partial charge >= 0.3 is 12.4 Å². The molecule has 11 heteroatoms.